The van der Waals surface area contributed by atoms with Crippen molar-refractivity contribution in [1.82, 2.24) is 15.5 Å². The van der Waals surface area contributed by atoms with Gasteiger partial charge in [-0.05, 0) is 12.8 Å². The number of aliphatic hydroxyl groups excluding tert-OH is 1. The highest BCUT2D eigenvalue weighted by Crippen LogP contribution is 2.27. The van der Waals surface area contributed by atoms with Crippen molar-refractivity contribution in [1.29, 1.82) is 0 Å². The van der Waals surface area contributed by atoms with Crippen molar-refractivity contribution in [2.75, 3.05) is 6.54 Å². The van der Waals surface area contributed by atoms with Crippen LogP contribution < -0.4 is 10.6 Å². The molecule has 2 fully saturated rings. The van der Waals surface area contributed by atoms with E-state index in [-0.39, 0.29) is 6.04 Å². The average molecular weight is 313 g/mol. The Kier molecular flexibility index (Phi) is 4.96. The zero-order valence-corrected chi connectivity index (χ0v) is 11.9. The molecule has 9 heteroatoms. The SMILES string of the molecule is O=C(O)CNC(=O)C1C(=O)NC(=O)N(C2CCCCC2)C1O. The van der Waals surface area contributed by atoms with E-state index in [1.54, 1.807) is 0 Å². The van der Waals surface area contributed by atoms with Crippen LogP contribution in [0.3, 0.4) is 0 Å². The number of rotatable bonds is 4. The number of amides is 4. The van der Waals surface area contributed by atoms with Crippen molar-refractivity contribution in [3.05, 3.63) is 0 Å². The topological polar surface area (TPSA) is 136 Å². The molecule has 2 aliphatic rings. The summed E-state index contributed by atoms with van der Waals surface area (Å²) in [6.07, 6.45) is 2.67. The van der Waals surface area contributed by atoms with Crippen LogP contribution in [0.1, 0.15) is 32.1 Å². The molecule has 0 aromatic carbocycles. The molecule has 1 saturated heterocycles. The van der Waals surface area contributed by atoms with Gasteiger partial charge < -0.3 is 15.5 Å². The molecule has 1 aliphatic carbocycles. The van der Waals surface area contributed by atoms with Crippen LogP contribution in [0.5, 0.6) is 0 Å². The summed E-state index contributed by atoms with van der Waals surface area (Å²) in [7, 11) is 0. The van der Waals surface area contributed by atoms with E-state index in [4.69, 9.17) is 5.11 Å². The molecule has 2 atom stereocenters. The maximum Gasteiger partial charge on any atom is 0.326 e. The van der Waals surface area contributed by atoms with Gasteiger partial charge >= 0.3 is 12.0 Å². The van der Waals surface area contributed by atoms with E-state index < -0.39 is 42.5 Å². The normalized spacial score (nSPS) is 26.5. The van der Waals surface area contributed by atoms with E-state index >= 15 is 0 Å². The Morgan fingerprint density at radius 3 is 2.45 bits per heavy atom. The molecule has 0 spiro atoms. The van der Waals surface area contributed by atoms with Crippen molar-refractivity contribution in [3.8, 4) is 0 Å². The monoisotopic (exact) mass is 313 g/mol. The Balaban J connectivity index is 2.12. The van der Waals surface area contributed by atoms with E-state index in [2.05, 4.69) is 10.6 Å². The van der Waals surface area contributed by atoms with Gasteiger partial charge in [0.1, 0.15) is 6.54 Å². The number of nitrogens with zero attached hydrogens (tertiary/aromatic N) is 1. The standard InChI is InChI=1S/C13H19N3O6/c17-8(18)6-14-10(19)9-11(20)15-13(22)16(12(9)21)7-4-2-1-3-5-7/h7,9,12,21H,1-6H2,(H,14,19)(H,17,18)(H,15,20,22). The van der Waals surface area contributed by atoms with E-state index in [9.17, 15) is 24.3 Å². The number of hydrogen-bond acceptors (Lipinski definition) is 5. The highest BCUT2D eigenvalue weighted by Gasteiger charge is 2.47. The minimum atomic E-state index is -1.59. The number of nitrogens with one attached hydrogen (secondary N) is 2. The third-order valence-corrected chi connectivity index (χ3v) is 3.99. The fourth-order valence-electron chi connectivity index (χ4n) is 2.93. The zero-order chi connectivity index (χ0) is 16.3. The molecule has 1 saturated carbocycles. The molecule has 22 heavy (non-hydrogen) atoms. The fraction of sp³-hybridized carbons (Fsp3) is 0.692. The molecule has 1 aliphatic heterocycles. The first-order chi connectivity index (χ1) is 10.4. The number of imide groups is 1. The summed E-state index contributed by atoms with van der Waals surface area (Å²) < 4.78 is 0. The lowest BCUT2D eigenvalue weighted by atomic mass is 9.91. The Labute approximate surface area is 126 Å². The lowest BCUT2D eigenvalue weighted by molar-refractivity contribution is -0.152. The first-order valence-corrected chi connectivity index (χ1v) is 7.22. The van der Waals surface area contributed by atoms with Gasteiger partial charge in [0.15, 0.2) is 12.1 Å². The maximum absolute atomic E-state index is 12.0. The van der Waals surface area contributed by atoms with Crippen LogP contribution in [0.4, 0.5) is 4.79 Å². The van der Waals surface area contributed by atoms with E-state index in [1.807, 2.05) is 0 Å². The molecule has 9 nitrogen and oxygen atoms in total. The minimum absolute atomic E-state index is 0.230. The van der Waals surface area contributed by atoms with Crippen LogP contribution in [-0.4, -0.2) is 57.7 Å². The molecule has 2 unspecified atom stereocenters. The number of carbonyl (C=O) groups excluding carboxylic acids is 3. The van der Waals surface area contributed by atoms with Gasteiger partial charge in [0, 0.05) is 6.04 Å². The molecule has 122 valence electrons. The molecule has 0 aromatic rings. The molecule has 2 rings (SSSR count). The van der Waals surface area contributed by atoms with Crippen molar-refractivity contribution >= 4 is 23.8 Å². The first kappa shape index (κ1) is 16.2. The predicted molar refractivity (Wildman–Crippen MR) is 72.4 cm³/mol. The van der Waals surface area contributed by atoms with E-state index in [1.165, 1.54) is 0 Å². The highest BCUT2D eigenvalue weighted by molar-refractivity contribution is 6.09. The lowest BCUT2D eigenvalue weighted by Crippen LogP contribution is -2.66. The number of carboxylic acid groups (broad SMARTS) is 1. The molecule has 1 heterocycles. The summed E-state index contributed by atoms with van der Waals surface area (Å²) in [5, 5.41) is 23.0. The fourth-order valence-corrected chi connectivity index (χ4v) is 2.93. The van der Waals surface area contributed by atoms with Gasteiger partial charge in [-0.25, -0.2) is 4.79 Å². The van der Waals surface area contributed by atoms with Crippen LogP contribution in [-0.2, 0) is 14.4 Å². The Morgan fingerprint density at radius 2 is 1.86 bits per heavy atom. The minimum Gasteiger partial charge on any atom is -0.480 e. The van der Waals surface area contributed by atoms with Gasteiger partial charge in [-0.3, -0.25) is 24.6 Å². The lowest BCUT2D eigenvalue weighted by Gasteiger charge is -2.42. The molecule has 4 amide bonds. The van der Waals surface area contributed by atoms with E-state index in [0.717, 1.165) is 24.2 Å². The number of aliphatic hydroxyl groups is 1. The average Bonchev–Trinajstić information content (AvgIpc) is 2.45. The maximum atomic E-state index is 12.0. The summed E-state index contributed by atoms with van der Waals surface area (Å²) in [6.45, 7) is -0.660. The van der Waals surface area contributed by atoms with Crippen LogP contribution in [0.2, 0.25) is 0 Å². The summed E-state index contributed by atoms with van der Waals surface area (Å²) in [5.41, 5.74) is 0. The quantitative estimate of drug-likeness (QED) is 0.492. The van der Waals surface area contributed by atoms with Gasteiger partial charge in [0.25, 0.3) is 0 Å². The van der Waals surface area contributed by atoms with Crippen molar-refractivity contribution < 1.29 is 29.4 Å². The van der Waals surface area contributed by atoms with Gasteiger partial charge in [-0.1, -0.05) is 19.3 Å². The zero-order valence-electron chi connectivity index (χ0n) is 11.9. The van der Waals surface area contributed by atoms with Crippen molar-refractivity contribution in [2.45, 2.75) is 44.4 Å². The van der Waals surface area contributed by atoms with Gasteiger partial charge in [-0.2, -0.15) is 0 Å². The molecular weight excluding hydrogens is 294 g/mol. The summed E-state index contributed by atoms with van der Waals surface area (Å²) in [5.74, 6) is -4.63. The van der Waals surface area contributed by atoms with E-state index in [0.29, 0.717) is 12.8 Å². The second-order valence-electron chi connectivity index (χ2n) is 5.50. The number of urea groups is 1. The molecule has 0 bridgehead atoms. The second-order valence-corrected chi connectivity index (χ2v) is 5.50. The van der Waals surface area contributed by atoms with Gasteiger partial charge in [0.2, 0.25) is 11.8 Å². The predicted octanol–water partition coefficient (Wildman–Crippen LogP) is -0.994. The van der Waals surface area contributed by atoms with Crippen molar-refractivity contribution in [2.24, 2.45) is 5.92 Å². The molecule has 0 aromatic heterocycles. The van der Waals surface area contributed by atoms with Crippen LogP contribution >= 0.6 is 0 Å². The second kappa shape index (κ2) is 6.73. The summed E-state index contributed by atoms with van der Waals surface area (Å²) in [6, 6.07) is -0.946. The van der Waals surface area contributed by atoms with Crippen molar-refractivity contribution in [3.63, 3.8) is 0 Å². The number of hydrogen-bond donors (Lipinski definition) is 4. The first-order valence-electron chi connectivity index (χ1n) is 7.22. The van der Waals surface area contributed by atoms with Crippen LogP contribution in [0.25, 0.3) is 0 Å². The number of aliphatic carboxylic acids is 1. The Hall–Kier alpha value is -2.16. The van der Waals surface area contributed by atoms with Gasteiger partial charge in [-0.15, -0.1) is 0 Å². The molecule has 0 radical (unpaired) electrons. The third-order valence-electron chi connectivity index (χ3n) is 3.99. The molecular formula is C13H19N3O6. The highest BCUT2D eigenvalue weighted by atomic mass is 16.4. The number of carbonyl (C=O) groups is 4. The largest absolute Gasteiger partial charge is 0.480 e. The van der Waals surface area contributed by atoms with Crippen LogP contribution in [0.15, 0.2) is 0 Å². The smallest absolute Gasteiger partial charge is 0.326 e. The van der Waals surface area contributed by atoms with Crippen LogP contribution in [0, 0.1) is 5.92 Å². The summed E-state index contributed by atoms with van der Waals surface area (Å²) in [4.78, 5) is 47.3. The number of carboxylic acids is 1. The summed E-state index contributed by atoms with van der Waals surface area (Å²) >= 11 is 0. The third kappa shape index (κ3) is 3.35. The molecule has 4 N–H and O–H groups in total. The Bertz CT molecular complexity index is 488. The Morgan fingerprint density at radius 1 is 1.23 bits per heavy atom. The van der Waals surface area contributed by atoms with Gasteiger partial charge in [0.05, 0.1) is 0 Å².